The number of anilines is 3. The third kappa shape index (κ3) is 5.25. The molecule has 0 fully saturated rings. The third-order valence-electron chi connectivity index (χ3n) is 5.05. The molecule has 0 aliphatic rings. The average molecular weight is 453 g/mol. The zero-order valence-electron chi connectivity index (χ0n) is 19.0. The topological polar surface area (TPSA) is 96.3 Å². The normalized spacial score (nSPS) is 10.4. The van der Waals surface area contributed by atoms with E-state index in [0.717, 1.165) is 11.3 Å². The molecule has 7 nitrogen and oxygen atoms in total. The fraction of sp³-hybridized carbons (Fsp3) is 0.148. The summed E-state index contributed by atoms with van der Waals surface area (Å²) in [5, 5.41) is 16.5. The molecule has 2 N–H and O–H groups in total. The number of nitrogens with zero attached hydrogens (tertiary/aromatic N) is 2. The molecule has 4 aromatic rings. The van der Waals surface area contributed by atoms with E-state index in [2.05, 4.69) is 21.7 Å². The first kappa shape index (κ1) is 22.6. The van der Waals surface area contributed by atoms with E-state index in [9.17, 15) is 10.1 Å². The average Bonchev–Trinajstić information content (AvgIpc) is 2.84. The number of carbonyl (C=O) groups is 1. The van der Waals surface area contributed by atoms with E-state index < -0.39 is 0 Å². The van der Waals surface area contributed by atoms with Crippen LogP contribution in [0.4, 0.5) is 17.1 Å². The van der Waals surface area contributed by atoms with Gasteiger partial charge in [0.15, 0.2) is 0 Å². The van der Waals surface area contributed by atoms with Crippen molar-refractivity contribution in [3.05, 3.63) is 84.1 Å². The summed E-state index contributed by atoms with van der Waals surface area (Å²) in [4.78, 5) is 16.2. The quantitative estimate of drug-likeness (QED) is 0.351. The number of aromatic nitrogens is 1. The Morgan fingerprint density at radius 2 is 1.88 bits per heavy atom. The van der Waals surface area contributed by atoms with Crippen LogP contribution >= 0.6 is 0 Å². The lowest BCUT2D eigenvalue weighted by Crippen LogP contribution is -2.08. The molecule has 0 unspecified atom stereocenters. The lowest BCUT2D eigenvalue weighted by molar-refractivity contribution is -0.114. The van der Waals surface area contributed by atoms with Gasteiger partial charge >= 0.3 is 0 Å². The van der Waals surface area contributed by atoms with E-state index in [1.165, 1.54) is 13.1 Å². The van der Waals surface area contributed by atoms with Crippen molar-refractivity contribution in [2.24, 2.45) is 0 Å². The highest BCUT2D eigenvalue weighted by atomic mass is 16.5. The van der Waals surface area contributed by atoms with Gasteiger partial charge in [0, 0.05) is 36.3 Å². The van der Waals surface area contributed by atoms with Gasteiger partial charge in [0.2, 0.25) is 5.91 Å². The van der Waals surface area contributed by atoms with Crippen LogP contribution in [-0.2, 0) is 11.4 Å². The van der Waals surface area contributed by atoms with E-state index in [0.29, 0.717) is 52.6 Å². The number of amides is 1. The van der Waals surface area contributed by atoms with Crippen LogP contribution in [-0.4, -0.2) is 17.5 Å². The Morgan fingerprint density at radius 1 is 1.06 bits per heavy atom. The molecule has 0 aliphatic heterocycles. The maximum absolute atomic E-state index is 11.7. The zero-order valence-corrected chi connectivity index (χ0v) is 19.0. The smallest absolute Gasteiger partial charge is 0.221 e. The largest absolute Gasteiger partial charge is 0.492 e. The summed E-state index contributed by atoms with van der Waals surface area (Å²) in [5.74, 6) is 0.996. The van der Waals surface area contributed by atoms with Crippen LogP contribution in [0.5, 0.6) is 11.5 Å². The maximum Gasteiger partial charge on any atom is 0.221 e. The Hall–Kier alpha value is -4.57. The Morgan fingerprint density at radius 3 is 2.62 bits per heavy atom. The Labute approximate surface area is 198 Å². The summed E-state index contributed by atoms with van der Waals surface area (Å²) in [5.41, 5.74) is 3.94. The maximum atomic E-state index is 11.7. The van der Waals surface area contributed by atoms with Crippen LogP contribution in [0.2, 0.25) is 0 Å². The minimum Gasteiger partial charge on any atom is -0.492 e. The minimum atomic E-state index is -0.220. The first-order chi connectivity index (χ1) is 16.6. The number of pyridine rings is 1. The van der Waals surface area contributed by atoms with Crippen molar-refractivity contribution in [2.75, 3.05) is 17.2 Å². The van der Waals surface area contributed by atoms with Crippen LogP contribution in [0.1, 0.15) is 25.0 Å². The van der Waals surface area contributed by atoms with E-state index in [1.807, 2.05) is 61.5 Å². The van der Waals surface area contributed by atoms with E-state index in [4.69, 9.17) is 9.47 Å². The molecule has 170 valence electrons. The van der Waals surface area contributed by atoms with Crippen molar-refractivity contribution >= 4 is 33.9 Å². The highest BCUT2D eigenvalue weighted by Crippen LogP contribution is 2.36. The lowest BCUT2D eigenvalue weighted by atomic mass is 10.1. The van der Waals surface area contributed by atoms with Gasteiger partial charge in [-0.15, -0.1) is 0 Å². The third-order valence-corrected chi connectivity index (χ3v) is 5.05. The second-order valence-electron chi connectivity index (χ2n) is 7.57. The number of nitriles is 1. The summed E-state index contributed by atoms with van der Waals surface area (Å²) in [6, 6.07) is 23.2. The minimum absolute atomic E-state index is 0.220. The predicted octanol–water partition coefficient (Wildman–Crippen LogP) is 5.79. The summed E-state index contributed by atoms with van der Waals surface area (Å²) in [6.45, 7) is 4.19. The van der Waals surface area contributed by atoms with Gasteiger partial charge in [-0.3, -0.25) is 9.78 Å². The Bertz CT molecular complexity index is 1360. The van der Waals surface area contributed by atoms with E-state index in [-0.39, 0.29) is 5.91 Å². The van der Waals surface area contributed by atoms with Gasteiger partial charge in [0.25, 0.3) is 0 Å². The first-order valence-corrected chi connectivity index (χ1v) is 10.9. The molecule has 0 saturated carbocycles. The van der Waals surface area contributed by atoms with Gasteiger partial charge in [0.1, 0.15) is 24.2 Å². The van der Waals surface area contributed by atoms with Gasteiger partial charge in [-0.1, -0.05) is 36.4 Å². The highest BCUT2D eigenvalue weighted by molar-refractivity contribution is 6.01. The van der Waals surface area contributed by atoms with Gasteiger partial charge in [-0.2, -0.15) is 5.26 Å². The number of hydrogen-bond donors (Lipinski definition) is 2. The molecule has 0 saturated heterocycles. The molecule has 34 heavy (non-hydrogen) atoms. The number of ether oxygens (including phenoxy) is 2. The molecule has 7 heteroatoms. The van der Waals surface area contributed by atoms with Crippen molar-refractivity contribution in [3.63, 3.8) is 0 Å². The standard InChI is InChI=1S/C27H24N4O3/c1-3-33-26-14-24-23(13-25(26)30-18(2)32)27(20(15-28)16-29-24)31-21-10-7-11-22(12-21)34-17-19-8-5-4-6-9-19/h4-14,16H,3,17H2,1-2H3,(H,29,31)(H,30,32). The molecule has 0 atom stereocenters. The van der Waals surface area contributed by atoms with Crippen LogP contribution in [0.3, 0.4) is 0 Å². The number of carbonyl (C=O) groups excluding carboxylic acids is 1. The summed E-state index contributed by atoms with van der Waals surface area (Å²) >= 11 is 0. The van der Waals surface area contributed by atoms with Crippen molar-refractivity contribution in [1.82, 2.24) is 4.98 Å². The lowest BCUT2D eigenvalue weighted by Gasteiger charge is -2.16. The second-order valence-corrected chi connectivity index (χ2v) is 7.57. The van der Waals surface area contributed by atoms with Crippen LogP contribution < -0.4 is 20.1 Å². The molecule has 4 rings (SSSR count). The zero-order chi connectivity index (χ0) is 23.9. The molecule has 3 aromatic carbocycles. The summed E-state index contributed by atoms with van der Waals surface area (Å²) in [6.07, 6.45) is 1.52. The van der Waals surface area contributed by atoms with Crippen LogP contribution in [0.15, 0.2) is 72.9 Å². The SMILES string of the molecule is CCOc1cc2ncc(C#N)c(Nc3cccc(OCc4ccccc4)c3)c2cc1NC(C)=O. The Balaban J connectivity index is 1.69. The van der Waals surface area contributed by atoms with Crippen molar-refractivity contribution in [3.8, 4) is 17.6 Å². The fourth-order valence-electron chi connectivity index (χ4n) is 3.55. The van der Waals surface area contributed by atoms with Crippen molar-refractivity contribution in [2.45, 2.75) is 20.5 Å². The summed E-state index contributed by atoms with van der Waals surface area (Å²) < 4.78 is 11.6. The molecule has 0 radical (unpaired) electrons. The monoisotopic (exact) mass is 452 g/mol. The second kappa shape index (κ2) is 10.4. The van der Waals surface area contributed by atoms with Gasteiger partial charge in [-0.05, 0) is 30.7 Å². The van der Waals surface area contributed by atoms with Gasteiger partial charge < -0.3 is 20.1 Å². The molecule has 0 bridgehead atoms. The molecule has 1 aromatic heterocycles. The summed E-state index contributed by atoms with van der Waals surface area (Å²) in [7, 11) is 0. The van der Waals surface area contributed by atoms with Gasteiger partial charge in [-0.25, -0.2) is 0 Å². The number of benzene rings is 3. The van der Waals surface area contributed by atoms with Crippen LogP contribution in [0, 0.1) is 11.3 Å². The fourth-order valence-corrected chi connectivity index (χ4v) is 3.55. The predicted molar refractivity (Wildman–Crippen MR) is 132 cm³/mol. The van der Waals surface area contributed by atoms with E-state index in [1.54, 1.807) is 12.1 Å². The number of nitrogens with one attached hydrogen (secondary N) is 2. The number of rotatable bonds is 8. The van der Waals surface area contributed by atoms with Crippen molar-refractivity contribution in [1.29, 1.82) is 5.26 Å². The molecule has 0 spiro atoms. The van der Waals surface area contributed by atoms with Crippen molar-refractivity contribution < 1.29 is 14.3 Å². The highest BCUT2D eigenvalue weighted by Gasteiger charge is 2.15. The molecule has 0 aliphatic carbocycles. The molecular formula is C27H24N4O3. The molecule has 1 amide bonds. The van der Waals surface area contributed by atoms with Gasteiger partial charge in [0.05, 0.1) is 29.1 Å². The number of hydrogen-bond acceptors (Lipinski definition) is 6. The molecular weight excluding hydrogens is 428 g/mol. The van der Waals surface area contributed by atoms with E-state index >= 15 is 0 Å². The first-order valence-electron chi connectivity index (χ1n) is 10.9. The van der Waals surface area contributed by atoms with Crippen LogP contribution in [0.25, 0.3) is 10.9 Å². The number of fused-ring (bicyclic) bond motifs is 1. The molecule has 1 heterocycles. The Kier molecular flexibility index (Phi) is 6.89.